The minimum absolute atomic E-state index is 0.0522. The fourth-order valence-corrected chi connectivity index (χ4v) is 1.39. The highest BCUT2D eigenvalue weighted by atomic mass is 16.4. The Hall–Kier alpha value is -1.89. The van der Waals surface area contributed by atoms with Gasteiger partial charge in [0.15, 0.2) is 0 Å². The summed E-state index contributed by atoms with van der Waals surface area (Å²) >= 11 is 0. The van der Waals surface area contributed by atoms with Crippen molar-refractivity contribution >= 4 is 17.7 Å². The quantitative estimate of drug-likeness (QED) is 0.663. The molecule has 0 unspecified atom stereocenters. The molecule has 7 heteroatoms. The number of hydrogen-bond donors (Lipinski definition) is 3. The van der Waals surface area contributed by atoms with Gasteiger partial charge in [0.05, 0.1) is 18.8 Å². The van der Waals surface area contributed by atoms with Crippen LogP contribution in [0.2, 0.25) is 0 Å². The molecule has 0 fully saturated rings. The Morgan fingerprint density at radius 3 is 2.56 bits per heavy atom. The molecule has 0 saturated heterocycles. The molecule has 1 aromatic heterocycles. The molecule has 7 nitrogen and oxygen atoms in total. The minimum Gasteiger partial charge on any atom is -0.477 e. The number of rotatable bonds is 4. The fourth-order valence-electron chi connectivity index (χ4n) is 1.39. The molecule has 0 saturated carbocycles. The van der Waals surface area contributed by atoms with E-state index < -0.39 is 5.97 Å². The average molecular weight is 227 g/mol. The summed E-state index contributed by atoms with van der Waals surface area (Å²) in [5.41, 5.74) is 0.244. The molecular weight excluding hydrogens is 214 g/mol. The number of aliphatic hydroxyl groups excluding tert-OH is 1. The highest BCUT2D eigenvalue weighted by Gasteiger charge is 2.21. The lowest BCUT2D eigenvalue weighted by molar-refractivity contribution is -0.114. The van der Waals surface area contributed by atoms with Gasteiger partial charge in [0.1, 0.15) is 11.4 Å². The smallest absolute Gasteiger partial charge is 0.341 e. The van der Waals surface area contributed by atoms with Crippen LogP contribution >= 0.6 is 0 Å². The van der Waals surface area contributed by atoms with Gasteiger partial charge < -0.3 is 15.5 Å². The summed E-state index contributed by atoms with van der Waals surface area (Å²) < 4.78 is 1.26. The van der Waals surface area contributed by atoms with Crippen LogP contribution in [-0.2, 0) is 11.3 Å². The number of nitrogens with one attached hydrogen (secondary N) is 1. The summed E-state index contributed by atoms with van der Waals surface area (Å²) in [4.78, 5) is 21.9. The molecule has 0 atom stereocenters. The van der Waals surface area contributed by atoms with E-state index in [0.29, 0.717) is 5.69 Å². The van der Waals surface area contributed by atoms with Crippen LogP contribution in [-0.4, -0.2) is 38.5 Å². The standard InChI is InChI=1S/C9H13N3O4/c1-5-7(9(15)16)8(10-6(2)14)12(11-5)3-4-13/h13H,3-4H2,1-2H3,(H,10,14)(H,15,16). The number of hydrogen-bond acceptors (Lipinski definition) is 4. The van der Waals surface area contributed by atoms with Gasteiger partial charge in [0.2, 0.25) is 5.91 Å². The molecule has 1 amide bonds. The Morgan fingerprint density at radius 2 is 2.12 bits per heavy atom. The third-order valence-electron chi connectivity index (χ3n) is 1.95. The van der Waals surface area contributed by atoms with Crippen LogP contribution in [0.15, 0.2) is 0 Å². The van der Waals surface area contributed by atoms with Crippen molar-refractivity contribution in [1.29, 1.82) is 0 Å². The van der Waals surface area contributed by atoms with Gasteiger partial charge in [-0.1, -0.05) is 0 Å². The van der Waals surface area contributed by atoms with E-state index in [0.717, 1.165) is 0 Å². The zero-order chi connectivity index (χ0) is 12.3. The van der Waals surface area contributed by atoms with Crippen molar-refractivity contribution in [3.05, 3.63) is 11.3 Å². The first kappa shape index (κ1) is 12.2. The molecule has 0 aromatic carbocycles. The lowest BCUT2D eigenvalue weighted by Gasteiger charge is -2.06. The van der Waals surface area contributed by atoms with E-state index in [2.05, 4.69) is 10.4 Å². The van der Waals surface area contributed by atoms with Crippen LogP contribution < -0.4 is 5.32 Å². The third kappa shape index (κ3) is 2.37. The Balaban J connectivity index is 3.24. The number of aliphatic hydroxyl groups is 1. The predicted octanol–water partition coefficient (Wildman–Crippen LogP) is -0.160. The number of aromatic nitrogens is 2. The van der Waals surface area contributed by atoms with Gasteiger partial charge >= 0.3 is 5.97 Å². The molecule has 0 spiro atoms. The van der Waals surface area contributed by atoms with Gasteiger partial charge in [-0.05, 0) is 6.92 Å². The topological polar surface area (TPSA) is 104 Å². The van der Waals surface area contributed by atoms with Crippen molar-refractivity contribution in [2.24, 2.45) is 0 Å². The molecule has 0 bridgehead atoms. The Labute approximate surface area is 91.7 Å². The zero-order valence-corrected chi connectivity index (χ0v) is 9.02. The zero-order valence-electron chi connectivity index (χ0n) is 9.02. The SMILES string of the molecule is CC(=O)Nc1c(C(=O)O)c(C)nn1CCO. The Morgan fingerprint density at radius 1 is 1.50 bits per heavy atom. The van der Waals surface area contributed by atoms with Gasteiger partial charge in [0.25, 0.3) is 0 Å². The van der Waals surface area contributed by atoms with Crippen LogP contribution in [0, 0.1) is 6.92 Å². The summed E-state index contributed by atoms with van der Waals surface area (Å²) in [6, 6.07) is 0. The second-order valence-electron chi connectivity index (χ2n) is 3.24. The number of anilines is 1. The van der Waals surface area contributed by atoms with E-state index in [1.807, 2.05) is 0 Å². The molecule has 16 heavy (non-hydrogen) atoms. The van der Waals surface area contributed by atoms with Gasteiger partial charge in [0, 0.05) is 6.92 Å². The molecule has 0 aliphatic rings. The highest BCUT2D eigenvalue weighted by molar-refractivity contribution is 5.99. The van der Waals surface area contributed by atoms with E-state index in [1.165, 1.54) is 18.5 Å². The van der Waals surface area contributed by atoms with Gasteiger partial charge in [-0.15, -0.1) is 0 Å². The highest BCUT2D eigenvalue weighted by Crippen LogP contribution is 2.19. The number of carboxylic acid groups (broad SMARTS) is 1. The molecule has 0 aliphatic carbocycles. The molecule has 0 radical (unpaired) electrons. The maximum atomic E-state index is 11.0. The fraction of sp³-hybridized carbons (Fsp3) is 0.444. The van der Waals surface area contributed by atoms with Crippen molar-refractivity contribution in [2.75, 3.05) is 11.9 Å². The summed E-state index contributed by atoms with van der Waals surface area (Å²) in [6.45, 7) is 2.75. The molecule has 3 N–H and O–H groups in total. The molecule has 0 aliphatic heterocycles. The van der Waals surface area contributed by atoms with Crippen LogP contribution in [0.25, 0.3) is 0 Å². The Kier molecular flexibility index (Phi) is 3.62. The average Bonchev–Trinajstić information content (AvgIpc) is 2.42. The van der Waals surface area contributed by atoms with E-state index in [9.17, 15) is 9.59 Å². The third-order valence-corrected chi connectivity index (χ3v) is 1.95. The second kappa shape index (κ2) is 4.75. The summed E-state index contributed by atoms with van der Waals surface area (Å²) in [5, 5.41) is 24.1. The second-order valence-corrected chi connectivity index (χ2v) is 3.24. The number of aryl methyl sites for hydroxylation is 1. The molecule has 1 heterocycles. The number of carbonyl (C=O) groups excluding carboxylic acids is 1. The lowest BCUT2D eigenvalue weighted by atomic mass is 10.2. The normalized spacial score (nSPS) is 10.2. The van der Waals surface area contributed by atoms with E-state index in [1.54, 1.807) is 0 Å². The van der Waals surface area contributed by atoms with Gasteiger partial charge in [-0.3, -0.25) is 4.79 Å². The van der Waals surface area contributed by atoms with Crippen molar-refractivity contribution in [2.45, 2.75) is 20.4 Å². The van der Waals surface area contributed by atoms with Crippen molar-refractivity contribution in [3.63, 3.8) is 0 Å². The molecular formula is C9H13N3O4. The molecule has 1 rings (SSSR count). The van der Waals surface area contributed by atoms with Crippen molar-refractivity contribution < 1.29 is 19.8 Å². The Bertz CT molecular complexity index is 425. The largest absolute Gasteiger partial charge is 0.477 e. The summed E-state index contributed by atoms with van der Waals surface area (Å²) in [5.74, 6) is -1.45. The van der Waals surface area contributed by atoms with Gasteiger partial charge in [-0.2, -0.15) is 5.10 Å². The van der Waals surface area contributed by atoms with Crippen LogP contribution in [0.5, 0.6) is 0 Å². The molecule has 1 aromatic rings. The van der Waals surface area contributed by atoms with Crippen molar-refractivity contribution in [1.82, 2.24) is 9.78 Å². The first-order valence-corrected chi connectivity index (χ1v) is 4.66. The lowest BCUT2D eigenvalue weighted by Crippen LogP contribution is -2.16. The first-order valence-electron chi connectivity index (χ1n) is 4.66. The van der Waals surface area contributed by atoms with Crippen LogP contribution in [0.1, 0.15) is 23.0 Å². The van der Waals surface area contributed by atoms with Crippen LogP contribution in [0.3, 0.4) is 0 Å². The van der Waals surface area contributed by atoms with Gasteiger partial charge in [-0.25, -0.2) is 9.48 Å². The number of carboxylic acids is 1. The maximum Gasteiger partial charge on any atom is 0.341 e. The molecule has 88 valence electrons. The van der Waals surface area contributed by atoms with E-state index >= 15 is 0 Å². The minimum atomic E-state index is -1.16. The monoisotopic (exact) mass is 227 g/mol. The number of amides is 1. The van der Waals surface area contributed by atoms with Crippen molar-refractivity contribution in [3.8, 4) is 0 Å². The van der Waals surface area contributed by atoms with E-state index in [4.69, 9.17) is 10.2 Å². The number of carbonyl (C=O) groups is 2. The first-order chi connectivity index (χ1) is 7.47. The number of aromatic carboxylic acids is 1. The van der Waals surface area contributed by atoms with E-state index in [-0.39, 0.29) is 30.4 Å². The predicted molar refractivity (Wildman–Crippen MR) is 55.3 cm³/mol. The van der Waals surface area contributed by atoms with Crippen LogP contribution in [0.4, 0.5) is 5.82 Å². The summed E-state index contributed by atoms with van der Waals surface area (Å²) in [6.07, 6.45) is 0. The maximum absolute atomic E-state index is 11.0. The summed E-state index contributed by atoms with van der Waals surface area (Å²) in [7, 11) is 0. The number of nitrogens with zero attached hydrogens (tertiary/aromatic N) is 2.